The van der Waals surface area contributed by atoms with E-state index in [0.717, 1.165) is 22.6 Å². The van der Waals surface area contributed by atoms with Gasteiger partial charge < -0.3 is 4.57 Å². The zero-order valence-electron chi connectivity index (χ0n) is 20.0. The van der Waals surface area contributed by atoms with Crippen molar-refractivity contribution in [3.8, 4) is 16.9 Å². The average molecular weight is 476 g/mol. The number of nitrogens with one attached hydrogen (secondary N) is 1. The molecular formula is C29H25N5O2. The highest BCUT2D eigenvalue weighted by atomic mass is 16.2. The molecule has 4 aromatic rings. The lowest BCUT2D eigenvalue weighted by Crippen LogP contribution is -2.29. The fourth-order valence-electron chi connectivity index (χ4n) is 4.22. The van der Waals surface area contributed by atoms with Gasteiger partial charge in [0.15, 0.2) is 0 Å². The Bertz CT molecular complexity index is 1450. The van der Waals surface area contributed by atoms with E-state index in [9.17, 15) is 9.59 Å². The first-order valence-electron chi connectivity index (χ1n) is 11.6. The molecule has 7 heteroatoms. The lowest BCUT2D eigenvalue weighted by molar-refractivity contribution is -0.118. The first-order chi connectivity index (χ1) is 17.5. The summed E-state index contributed by atoms with van der Waals surface area (Å²) in [6.45, 7) is 3.82. The van der Waals surface area contributed by atoms with Crippen LogP contribution in [0.2, 0.25) is 0 Å². The van der Waals surface area contributed by atoms with Crippen molar-refractivity contribution >= 4 is 29.4 Å². The lowest BCUT2D eigenvalue weighted by atomic mass is 10.1. The van der Waals surface area contributed by atoms with E-state index in [-0.39, 0.29) is 11.8 Å². The third kappa shape index (κ3) is 4.46. The van der Waals surface area contributed by atoms with Crippen LogP contribution in [0.1, 0.15) is 23.0 Å². The normalized spacial score (nSPS) is 15.4. The number of anilines is 1. The molecule has 1 aromatic heterocycles. The fraction of sp³-hybridized carbons (Fsp3) is 0.103. The second-order valence-corrected chi connectivity index (χ2v) is 8.53. The SMILES string of the molecule is CC1=NN(c2ccccc2)C(=O)[C@H]1/C=N/NC(=O)c1ccc(-n2c(C)ccc2-c2ccccc2)cc1. The minimum absolute atomic E-state index is 0.211. The Morgan fingerprint density at radius 1 is 0.861 bits per heavy atom. The van der Waals surface area contributed by atoms with Crippen LogP contribution in [-0.2, 0) is 4.79 Å². The summed E-state index contributed by atoms with van der Waals surface area (Å²) >= 11 is 0. The molecule has 1 aliphatic heterocycles. The van der Waals surface area contributed by atoms with Gasteiger partial charge in [0.05, 0.1) is 17.1 Å². The smallest absolute Gasteiger partial charge is 0.271 e. The lowest BCUT2D eigenvalue weighted by Gasteiger charge is -2.13. The summed E-state index contributed by atoms with van der Waals surface area (Å²) in [6, 6.07) is 30.9. The summed E-state index contributed by atoms with van der Waals surface area (Å²) in [5, 5.41) is 9.74. The van der Waals surface area contributed by atoms with Gasteiger partial charge in [0.2, 0.25) is 0 Å². The highest BCUT2D eigenvalue weighted by Gasteiger charge is 2.33. The Morgan fingerprint density at radius 2 is 1.53 bits per heavy atom. The van der Waals surface area contributed by atoms with E-state index in [1.54, 1.807) is 19.1 Å². The predicted octanol–water partition coefficient (Wildman–Crippen LogP) is 5.21. The molecule has 0 fully saturated rings. The molecule has 7 nitrogen and oxygen atoms in total. The van der Waals surface area contributed by atoms with Crippen LogP contribution in [0.3, 0.4) is 0 Å². The number of nitrogens with zero attached hydrogens (tertiary/aromatic N) is 4. The van der Waals surface area contributed by atoms with Gasteiger partial charge >= 0.3 is 0 Å². The van der Waals surface area contributed by atoms with E-state index >= 15 is 0 Å². The summed E-state index contributed by atoms with van der Waals surface area (Å²) < 4.78 is 2.15. The zero-order valence-corrected chi connectivity index (χ0v) is 20.0. The Labute approximate surface area is 209 Å². The van der Waals surface area contributed by atoms with Crippen molar-refractivity contribution in [2.75, 3.05) is 5.01 Å². The zero-order chi connectivity index (χ0) is 25.1. The van der Waals surface area contributed by atoms with Crippen molar-refractivity contribution in [3.05, 3.63) is 108 Å². The first kappa shape index (κ1) is 23.0. The molecule has 0 aliphatic carbocycles. The maximum absolute atomic E-state index is 12.8. The quantitative estimate of drug-likeness (QED) is 0.307. The number of hydrogen-bond acceptors (Lipinski definition) is 4. The Hall–Kier alpha value is -4.78. The molecule has 0 unspecified atom stereocenters. The number of carbonyl (C=O) groups excluding carboxylic acids is 2. The molecule has 0 bridgehead atoms. The van der Waals surface area contributed by atoms with E-state index in [1.165, 1.54) is 11.2 Å². The minimum atomic E-state index is -0.624. The van der Waals surface area contributed by atoms with Gasteiger partial charge in [-0.3, -0.25) is 9.59 Å². The first-order valence-corrected chi connectivity index (χ1v) is 11.6. The molecule has 0 spiro atoms. The monoisotopic (exact) mass is 475 g/mol. The molecular weight excluding hydrogens is 450 g/mol. The number of carbonyl (C=O) groups is 2. The summed E-state index contributed by atoms with van der Waals surface area (Å²) in [6.07, 6.45) is 1.42. The van der Waals surface area contributed by atoms with E-state index in [2.05, 4.69) is 51.4 Å². The van der Waals surface area contributed by atoms with Crippen LogP contribution in [0.25, 0.3) is 16.9 Å². The molecule has 0 saturated heterocycles. The van der Waals surface area contributed by atoms with Crippen molar-refractivity contribution < 1.29 is 9.59 Å². The van der Waals surface area contributed by atoms with Crippen LogP contribution in [0.4, 0.5) is 5.69 Å². The van der Waals surface area contributed by atoms with E-state index in [0.29, 0.717) is 17.0 Å². The van der Waals surface area contributed by atoms with Gasteiger partial charge in [-0.05, 0) is 67.9 Å². The number of aryl methyl sites for hydroxylation is 1. The van der Waals surface area contributed by atoms with Gasteiger partial charge in [-0.25, -0.2) is 5.43 Å². The number of hydrogen-bond donors (Lipinski definition) is 1. The van der Waals surface area contributed by atoms with Gasteiger partial charge in [0.25, 0.3) is 11.8 Å². The van der Waals surface area contributed by atoms with Crippen LogP contribution in [0.15, 0.2) is 107 Å². The van der Waals surface area contributed by atoms with Gasteiger partial charge in [0, 0.05) is 23.2 Å². The summed E-state index contributed by atoms with van der Waals surface area (Å²) in [5.41, 5.74) is 8.55. The van der Waals surface area contributed by atoms with Gasteiger partial charge in [-0.15, -0.1) is 0 Å². The topological polar surface area (TPSA) is 79.1 Å². The van der Waals surface area contributed by atoms with Crippen LogP contribution < -0.4 is 10.4 Å². The largest absolute Gasteiger partial charge is 0.314 e. The van der Waals surface area contributed by atoms with Crippen LogP contribution in [0.5, 0.6) is 0 Å². The number of amides is 2. The van der Waals surface area contributed by atoms with Crippen molar-refractivity contribution in [1.29, 1.82) is 0 Å². The molecule has 1 atom stereocenters. The molecule has 0 radical (unpaired) electrons. The van der Waals surface area contributed by atoms with Gasteiger partial charge in [0.1, 0.15) is 5.92 Å². The molecule has 2 amide bonds. The third-order valence-electron chi connectivity index (χ3n) is 6.11. The summed E-state index contributed by atoms with van der Waals surface area (Å²) in [7, 11) is 0. The number of aromatic nitrogens is 1. The molecule has 3 aromatic carbocycles. The Kier molecular flexibility index (Phi) is 6.28. The maximum Gasteiger partial charge on any atom is 0.271 e. The molecule has 178 valence electrons. The highest BCUT2D eigenvalue weighted by molar-refractivity contribution is 6.23. The third-order valence-corrected chi connectivity index (χ3v) is 6.11. The number of benzene rings is 3. The number of rotatable bonds is 6. The van der Waals surface area contributed by atoms with Crippen LogP contribution >= 0.6 is 0 Å². The average Bonchev–Trinajstić information content (AvgIpc) is 3.44. The van der Waals surface area contributed by atoms with Crippen molar-refractivity contribution in [2.45, 2.75) is 13.8 Å². The van der Waals surface area contributed by atoms with Gasteiger partial charge in [-0.1, -0.05) is 48.5 Å². The van der Waals surface area contributed by atoms with E-state index in [4.69, 9.17) is 0 Å². The van der Waals surface area contributed by atoms with Crippen molar-refractivity contribution in [1.82, 2.24) is 9.99 Å². The maximum atomic E-state index is 12.8. The van der Waals surface area contributed by atoms with Crippen molar-refractivity contribution in [3.63, 3.8) is 0 Å². The highest BCUT2D eigenvalue weighted by Crippen LogP contribution is 2.26. The molecule has 0 saturated carbocycles. The standard InChI is InChI=1S/C29H25N5O2/c1-20-13-18-27(22-9-5-3-6-10-22)33(20)24-16-14-23(15-17-24)28(35)31-30-19-26-21(2)32-34(29(26)36)25-11-7-4-8-12-25/h3-19,26H,1-2H3,(H,31,35)/b30-19+/t26-/m0/s1. The van der Waals surface area contributed by atoms with Gasteiger partial charge in [-0.2, -0.15) is 15.2 Å². The van der Waals surface area contributed by atoms with Crippen LogP contribution in [-0.4, -0.2) is 28.3 Å². The minimum Gasteiger partial charge on any atom is -0.314 e. The molecule has 36 heavy (non-hydrogen) atoms. The molecule has 1 aliphatic rings. The van der Waals surface area contributed by atoms with E-state index in [1.807, 2.05) is 60.7 Å². The summed E-state index contributed by atoms with van der Waals surface area (Å²) in [5.74, 6) is -1.19. The predicted molar refractivity (Wildman–Crippen MR) is 142 cm³/mol. The molecule has 1 N–H and O–H groups in total. The Morgan fingerprint density at radius 3 is 2.22 bits per heavy atom. The van der Waals surface area contributed by atoms with Crippen molar-refractivity contribution in [2.24, 2.45) is 16.1 Å². The molecule has 2 heterocycles. The van der Waals surface area contributed by atoms with E-state index < -0.39 is 5.92 Å². The second-order valence-electron chi connectivity index (χ2n) is 8.53. The second kappa shape index (κ2) is 9.84. The Balaban J connectivity index is 1.27. The summed E-state index contributed by atoms with van der Waals surface area (Å²) in [4.78, 5) is 25.4. The van der Waals surface area contributed by atoms with Crippen LogP contribution in [0, 0.1) is 12.8 Å². The number of hydrazone groups is 2. The molecule has 5 rings (SSSR count). The number of para-hydroxylation sites is 1. The fourth-order valence-corrected chi connectivity index (χ4v) is 4.22.